The summed E-state index contributed by atoms with van der Waals surface area (Å²) in [6.45, 7) is 3.73. The molecule has 0 aliphatic rings. The van der Waals surface area contributed by atoms with Crippen LogP contribution in [0, 0.1) is 13.8 Å². The van der Waals surface area contributed by atoms with E-state index in [0.29, 0.717) is 5.56 Å². The molecule has 0 heterocycles. The first-order valence-electron chi connectivity index (χ1n) is 5.00. The van der Waals surface area contributed by atoms with Crippen LogP contribution in [0.25, 0.3) is 0 Å². The molecule has 0 aromatic heterocycles. The van der Waals surface area contributed by atoms with Crippen LogP contribution >= 0.6 is 0 Å². The van der Waals surface area contributed by atoms with Crippen LogP contribution in [0.2, 0.25) is 0 Å². The molecule has 1 rings (SSSR count). The normalized spacial score (nSPS) is 12.2. The van der Waals surface area contributed by atoms with E-state index in [1.54, 1.807) is 19.2 Å². The number of carbonyl (C=O) groups is 1. The zero-order chi connectivity index (χ0) is 12.3. The first-order chi connectivity index (χ1) is 7.45. The van der Waals surface area contributed by atoms with Crippen LogP contribution in [0.4, 0.5) is 0 Å². The number of benzene rings is 1. The summed E-state index contributed by atoms with van der Waals surface area (Å²) in [4.78, 5) is 10.5. The largest absolute Gasteiger partial charge is 0.496 e. The molecule has 1 aromatic rings. The average Bonchev–Trinajstić information content (AvgIpc) is 2.16. The zero-order valence-corrected chi connectivity index (χ0v) is 9.65. The number of carboxylic acids is 1. The molecule has 0 spiro atoms. The van der Waals surface area contributed by atoms with E-state index >= 15 is 0 Å². The van der Waals surface area contributed by atoms with Crippen molar-refractivity contribution in [1.29, 1.82) is 0 Å². The molecule has 2 N–H and O–H groups in total. The minimum atomic E-state index is -1.02. The number of ether oxygens (including phenoxy) is 1. The third kappa shape index (κ3) is 2.73. The van der Waals surface area contributed by atoms with E-state index in [2.05, 4.69) is 0 Å². The number of aliphatic hydroxyl groups is 1. The van der Waals surface area contributed by atoms with E-state index in [-0.39, 0.29) is 6.42 Å². The summed E-state index contributed by atoms with van der Waals surface area (Å²) in [5.74, 6) is -0.245. The van der Waals surface area contributed by atoms with Gasteiger partial charge in [-0.15, -0.1) is 0 Å². The maximum Gasteiger partial charge on any atom is 0.306 e. The third-order valence-corrected chi connectivity index (χ3v) is 2.44. The number of rotatable bonds is 4. The van der Waals surface area contributed by atoms with Gasteiger partial charge in [0.15, 0.2) is 0 Å². The molecule has 88 valence electrons. The number of hydrogen-bond donors (Lipinski definition) is 2. The van der Waals surface area contributed by atoms with E-state index in [4.69, 9.17) is 9.84 Å². The van der Waals surface area contributed by atoms with Gasteiger partial charge in [-0.2, -0.15) is 0 Å². The summed E-state index contributed by atoms with van der Waals surface area (Å²) in [5, 5.41) is 18.3. The van der Waals surface area contributed by atoms with Crippen molar-refractivity contribution in [3.63, 3.8) is 0 Å². The first kappa shape index (κ1) is 12.5. The lowest BCUT2D eigenvalue weighted by Gasteiger charge is -2.14. The Morgan fingerprint density at radius 2 is 1.88 bits per heavy atom. The predicted octanol–water partition coefficient (Wildman–Crippen LogP) is 1.82. The summed E-state index contributed by atoms with van der Waals surface area (Å²) in [5.41, 5.74) is 2.39. The van der Waals surface area contributed by atoms with Crippen LogP contribution in [-0.4, -0.2) is 23.3 Å². The molecule has 0 aliphatic heterocycles. The second-order valence-electron chi connectivity index (χ2n) is 3.80. The van der Waals surface area contributed by atoms with Gasteiger partial charge in [-0.25, -0.2) is 0 Å². The maximum atomic E-state index is 10.5. The van der Waals surface area contributed by atoms with Crippen molar-refractivity contribution in [3.8, 4) is 5.75 Å². The van der Waals surface area contributed by atoms with E-state index in [1.807, 2.05) is 13.8 Å². The Morgan fingerprint density at radius 3 is 2.25 bits per heavy atom. The predicted molar refractivity (Wildman–Crippen MR) is 59.7 cm³/mol. The van der Waals surface area contributed by atoms with Crippen molar-refractivity contribution in [2.24, 2.45) is 0 Å². The summed E-state index contributed by atoms with van der Waals surface area (Å²) in [6, 6.07) is 3.50. The molecular weight excluding hydrogens is 208 g/mol. The molecule has 1 atom stereocenters. The van der Waals surface area contributed by atoms with Gasteiger partial charge in [-0.3, -0.25) is 4.79 Å². The number of carboxylic acid groups (broad SMARTS) is 1. The molecule has 4 nitrogen and oxygen atoms in total. The second kappa shape index (κ2) is 4.99. The lowest BCUT2D eigenvalue weighted by molar-refractivity contribution is -0.139. The van der Waals surface area contributed by atoms with Gasteiger partial charge in [-0.1, -0.05) is 0 Å². The van der Waals surface area contributed by atoms with E-state index in [1.165, 1.54) is 0 Å². The molecule has 0 unspecified atom stereocenters. The van der Waals surface area contributed by atoms with Crippen molar-refractivity contribution >= 4 is 5.97 Å². The van der Waals surface area contributed by atoms with Gasteiger partial charge in [0.05, 0.1) is 19.6 Å². The Bertz CT molecular complexity index is 375. The van der Waals surface area contributed by atoms with E-state index in [9.17, 15) is 9.90 Å². The Morgan fingerprint density at radius 1 is 1.38 bits per heavy atom. The molecule has 0 saturated carbocycles. The molecule has 16 heavy (non-hydrogen) atoms. The Labute approximate surface area is 94.5 Å². The van der Waals surface area contributed by atoms with Crippen molar-refractivity contribution in [1.82, 2.24) is 0 Å². The van der Waals surface area contributed by atoms with Gasteiger partial charge in [0.2, 0.25) is 0 Å². The second-order valence-corrected chi connectivity index (χ2v) is 3.80. The highest BCUT2D eigenvalue weighted by Gasteiger charge is 2.14. The number of aliphatic hydroxyl groups excluding tert-OH is 1. The highest BCUT2D eigenvalue weighted by molar-refractivity contribution is 5.67. The molecule has 0 fully saturated rings. The van der Waals surface area contributed by atoms with Gasteiger partial charge in [0, 0.05) is 0 Å². The van der Waals surface area contributed by atoms with Crippen molar-refractivity contribution in [2.75, 3.05) is 7.11 Å². The van der Waals surface area contributed by atoms with Gasteiger partial charge in [-0.05, 0) is 42.7 Å². The summed E-state index contributed by atoms with van der Waals surface area (Å²) >= 11 is 0. The van der Waals surface area contributed by atoms with E-state index < -0.39 is 12.1 Å². The quantitative estimate of drug-likeness (QED) is 0.818. The van der Waals surface area contributed by atoms with Gasteiger partial charge < -0.3 is 14.9 Å². The number of methoxy groups -OCH3 is 1. The Hall–Kier alpha value is -1.55. The molecule has 0 bridgehead atoms. The van der Waals surface area contributed by atoms with Crippen molar-refractivity contribution in [2.45, 2.75) is 26.4 Å². The highest BCUT2D eigenvalue weighted by Crippen LogP contribution is 2.28. The van der Waals surface area contributed by atoms with Crippen LogP contribution < -0.4 is 4.74 Å². The van der Waals surface area contributed by atoms with Crippen LogP contribution in [0.3, 0.4) is 0 Å². The zero-order valence-electron chi connectivity index (χ0n) is 9.65. The Balaban J connectivity index is 3.03. The highest BCUT2D eigenvalue weighted by atomic mass is 16.5. The minimum Gasteiger partial charge on any atom is -0.496 e. The van der Waals surface area contributed by atoms with Crippen LogP contribution in [0.5, 0.6) is 5.75 Å². The number of hydrogen-bond acceptors (Lipinski definition) is 3. The van der Waals surface area contributed by atoms with Crippen LogP contribution in [-0.2, 0) is 4.79 Å². The monoisotopic (exact) mass is 224 g/mol. The Kier molecular flexibility index (Phi) is 3.90. The van der Waals surface area contributed by atoms with Crippen LogP contribution in [0.1, 0.15) is 29.2 Å². The van der Waals surface area contributed by atoms with Crippen LogP contribution in [0.15, 0.2) is 12.1 Å². The smallest absolute Gasteiger partial charge is 0.306 e. The fourth-order valence-corrected chi connectivity index (χ4v) is 1.78. The molecule has 0 aliphatic carbocycles. The minimum absolute atomic E-state index is 0.286. The van der Waals surface area contributed by atoms with Gasteiger partial charge >= 0.3 is 5.97 Å². The fraction of sp³-hybridized carbons (Fsp3) is 0.417. The molecular formula is C12H16O4. The molecule has 0 radical (unpaired) electrons. The third-order valence-electron chi connectivity index (χ3n) is 2.44. The van der Waals surface area contributed by atoms with E-state index in [0.717, 1.165) is 16.9 Å². The van der Waals surface area contributed by atoms with Crippen molar-refractivity contribution < 1.29 is 19.7 Å². The molecule has 0 saturated heterocycles. The number of aryl methyl sites for hydroxylation is 2. The lowest BCUT2D eigenvalue weighted by atomic mass is 10.0. The van der Waals surface area contributed by atoms with Gasteiger partial charge in [0.25, 0.3) is 0 Å². The lowest BCUT2D eigenvalue weighted by Crippen LogP contribution is -2.06. The topological polar surface area (TPSA) is 66.8 Å². The van der Waals surface area contributed by atoms with Crippen molar-refractivity contribution in [3.05, 3.63) is 28.8 Å². The molecule has 0 amide bonds. The standard InChI is InChI=1S/C12H16O4/c1-7-4-9(10(13)6-11(14)15)5-8(2)12(7)16-3/h4-5,10,13H,6H2,1-3H3,(H,14,15)/t10-/m1/s1. The maximum absolute atomic E-state index is 10.5. The average molecular weight is 224 g/mol. The summed E-state index contributed by atoms with van der Waals surface area (Å²) in [6.07, 6.45) is -1.26. The first-order valence-corrected chi connectivity index (χ1v) is 5.00. The summed E-state index contributed by atoms with van der Waals surface area (Å²) in [7, 11) is 1.59. The summed E-state index contributed by atoms with van der Waals surface area (Å²) < 4.78 is 5.19. The fourth-order valence-electron chi connectivity index (χ4n) is 1.78. The number of aliphatic carboxylic acids is 1. The molecule has 4 heteroatoms. The SMILES string of the molecule is COc1c(C)cc([C@H](O)CC(=O)O)cc1C. The van der Waals surface area contributed by atoms with Gasteiger partial charge in [0.1, 0.15) is 5.75 Å². The molecule has 1 aromatic carbocycles.